The molecule has 0 aliphatic carbocycles. The van der Waals surface area contributed by atoms with Gasteiger partial charge in [0, 0.05) is 9.89 Å². The van der Waals surface area contributed by atoms with Gasteiger partial charge in [-0.3, -0.25) is 4.99 Å². The minimum atomic E-state index is -0.0793. The molecule has 0 saturated heterocycles. The largest absolute Gasteiger partial charge is 0.370 e. The topological polar surface area (TPSA) is 64.4 Å². The summed E-state index contributed by atoms with van der Waals surface area (Å²) in [5.74, 6) is 0.134. The number of aliphatic imine (C=N–C) groups is 1. The maximum atomic E-state index is 5.33. The summed E-state index contributed by atoms with van der Waals surface area (Å²) < 4.78 is 1.08. The van der Waals surface area contributed by atoms with Crippen molar-refractivity contribution in [2.45, 2.75) is 19.3 Å². The number of hydrogen-bond acceptors (Lipinski definition) is 1. The molecule has 82 valence electrons. The van der Waals surface area contributed by atoms with E-state index in [0.29, 0.717) is 6.54 Å². The van der Waals surface area contributed by atoms with Crippen molar-refractivity contribution in [2.24, 2.45) is 16.5 Å². The van der Waals surface area contributed by atoms with Gasteiger partial charge in [-0.05, 0) is 11.6 Å². The maximum Gasteiger partial charge on any atom is 0.185 e. The number of guanidine groups is 1. The van der Waals surface area contributed by atoms with Gasteiger partial charge in [-0.2, -0.15) is 0 Å². The van der Waals surface area contributed by atoms with Gasteiger partial charge in [0.1, 0.15) is 0 Å². The van der Waals surface area contributed by atoms with Crippen molar-refractivity contribution in [1.29, 1.82) is 0 Å². The van der Waals surface area contributed by atoms with Crippen molar-refractivity contribution in [3.8, 4) is 0 Å². The monoisotopic (exact) mass is 269 g/mol. The normalized spacial score (nSPS) is 11.1. The van der Waals surface area contributed by atoms with Crippen molar-refractivity contribution in [3.63, 3.8) is 0 Å². The fourth-order valence-electron chi connectivity index (χ4n) is 1.38. The average molecular weight is 270 g/mol. The lowest BCUT2D eigenvalue weighted by Crippen LogP contribution is -2.28. The van der Waals surface area contributed by atoms with E-state index in [0.717, 1.165) is 4.47 Å². The van der Waals surface area contributed by atoms with E-state index >= 15 is 0 Å². The molecule has 0 amide bonds. The van der Waals surface area contributed by atoms with E-state index in [9.17, 15) is 0 Å². The van der Waals surface area contributed by atoms with Crippen LogP contribution in [0.25, 0.3) is 0 Å². The number of nitrogens with zero attached hydrogens (tertiary/aromatic N) is 1. The average Bonchev–Trinajstić information content (AvgIpc) is 2.15. The highest BCUT2D eigenvalue weighted by Gasteiger charge is 2.22. The zero-order chi connectivity index (χ0) is 11.5. The molecule has 0 saturated carbocycles. The summed E-state index contributed by atoms with van der Waals surface area (Å²) in [5, 5.41) is 0. The quantitative estimate of drug-likeness (QED) is 0.651. The second-order valence-corrected chi connectivity index (χ2v) is 4.96. The lowest BCUT2D eigenvalue weighted by atomic mass is 9.85. The highest BCUT2D eigenvalue weighted by atomic mass is 79.9. The van der Waals surface area contributed by atoms with Gasteiger partial charge in [0.2, 0.25) is 0 Å². The number of rotatable bonds is 3. The number of benzene rings is 1. The zero-order valence-corrected chi connectivity index (χ0v) is 10.6. The SMILES string of the molecule is CC(C)(CN=C(N)N)c1ccccc1Br. The van der Waals surface area contributed by atoms with E-state index in [4.69, 9.17) is 11.5 Å². The van der Waals surface area contributed by atoms with E-state index in [1.165, 1.54) is 5.56 Å². The molecular formula is C11H16BrN3. The number of nitrogens with two attached hydrogens (primary N) is 2. The summed E-state index contributed by atoms with van der Waals surface area (Å²) in [4.78, 5) is 4.07. The zero-order valence-electron chi connectivity index (χ0n) is 9.00. The van der Waals surface area contributed by atoms with Crippen LogP contribution >= 0.6 is 15.9 Å². The van der Waals surface area contributed by atoms with Crippen molar-refractivity contribution in [2.75, 3.05) is 6.54 Å². The van der Waals surface area contributed by atoms with Crippen LogP contribution in [-0.4, -0.2) is 12.5 Å². The smallest absolute Gasteiger partial charge is 0.185 e. The second-order valence-electron chi connectivity index (χ2n) is 4.10. The first kappa shape index (κ1) is 12.0. The first-order valence-corrected chi connectivity index (χ1v) is 5.53. The molecule has 0 heterocycles. The molecule has 1 aromatic carbocycles. The van der Waals surface area contributed by atoms with Crippen LogP contribution in [0.1, 0.15) is 19.4 Å². The fourth-order valence-corrected chi connectivity index (χ4v) is 2.21. The van der Waals surface area contributed by atoms with Gasteiger partial charge >= 0.3 is 0 Å². The van der Waals surface area contributed by atoms with Crippen molar-refractivity contribution in [1.82, 2.24) is 0 Å². The second kappa shape index (κ2) is 4.66. The molecule has 0 radical (unpaired) electrons. The van der Waals surface area contributed by atoms with Gasteiger partial charge in [0.05, 0.1) is 6.54 Å². The van der Waals surface area contributed by atoms with Gasteiger partial charge < -0.3 is 11.5 Å². The first-order valence-electron chi connectivity index (χ1n) is 4.74. The maximum absolute atomic E-state index is 5.33. The first-order chi connectivity index (χ1) is 6.93. The minimum absolute atomic E-state index is 0.0793. The molecule has 0 fully saturated rings. The summed E-state index contributed by atoms with van der Waals surface area (Å²) in [6.45, 7) is 4.80. The number of hydrogen-bond donors (Lipinski definition) is 2. The lowest BCUT2D eigenvalue weighted by Gasteiger charge is -2.24. The molecule has 15 heavy (non-hydrogen) atoms. The summed E-state index contributed by atoms with van der Waals surface area (Å²) in [7, 11) is 0. The van der Waals surface area contributed by atoms with E-state index < -0.39 is 0 Å². The summed E-state index contributed by atoms with van der Waals surface area (Å²) >= 11 is 3.53. The van der Waals surface area contributed by atoms with Crippen LogP contribution in [0.4, 0.5) is 0 Å². The molecule has 0 aromatic heterocycles. The Labute approximate surface area is 98.7 Å². The molecule has 0 spiro atoms. The Balaban J connectivity index is 2.95. The third kappa shape index (κ3) is 3.23. The molecule has 0 atom stereocenters. The molecule has 4 N–H and O–H groups in total. The van der Waals surface area contributed by atoms with Crippen LogP contribution in [0.15, 0.2) is 33.7 Å². The van der Waals surface area contributed by atoms with Gasteiger partial charge in [-0.1, -0.05) is 48.0 Å². The molecule has 4 heteroatoms. The van der Waals surface area contributed by atoms with Crippen LogP contribution in [0.3, 0.4) is 0 Å². The van der Waals surface area contributed by atoms with Crippen molar-refractivity contribution >= 4 is 21.9 Å². The lowest BCUT2D eigenvalue weighted by molar-refractivity contribution is 0.537. The Morgan fingerprint density at radius 2 is 1.93 bits per heavy atom. The molecule has 0 bridgehead atoms. The Kier molecular flexibility index (Phi) is 3.74. The molecule has 0 unspecified atom stereocenters. The van der Waals surface area contributed by atoms with Gasteiger partial charge in [-0.25, -0.2) is 0 Å². The fraction of sp³-hybridized carbons (Fsp3) is 0.364. The highest BCUT2D eigenvalue weighted by molar-refractivity contribution is 9.10. The van der Waals surface area contributed by atoms with Gasteiger partial charge in [0.15, 0.2) is 5.96 Å². The Hall–Kier alpha value is -1.03. The summed E-state index contributed by atoms with van der Waals surface area (Å²) in [6, 6.07) is 8.10. The predicted octanol–water partition coefficient (Wildman–Crippen LogP) is 2.00. The van der Waals surface area contributed by atoms with Crippen LogP contribution in [-0.2, 0) is 5.41 Å². The van der Waals surface area contributed by atoms with E-state index in [2.05, 4.69) is 40.8 Å². The van der Waals surface area contributed by atoms with Crippen LogP contribution < -0.4 is 11.5 Å². The molecule has 1 aromatic rings. The molecule has 0 aliphatic heterocycles. The van der Waals surface area contributed by atoms with Crippen molar-refractivity contribution < 1.29 is 0 Å². The Bertz CT molecular complexity index is 368. The Morgan fingerprint density at radius 3 is 2.47 bits per heavy atom. The van der Waals surface area contributed by atoms with Crippen LogP contribution in [0.2, 0.25) is 0 Å². The standard InChI is InChI=1S/C11H16BrN3/c1-11(2,7-15-10(13)14)8-5-3-4-6-9(8)12/h3-6H,7H2,1-2H3,(H4,13,14,15). The van der Waals surface area contributed by atoms with E-state index in [1.54, 1.807) is 0 Å². The minimum Gasteiger partial charge on any atom is -0.370 e. The summed E-state index contributed by atoms with van der Waals surface area (Å²) in [6.07, 6.45) is 0. The van der Waals surface area contributed by atoms with E-state index in [1.807, 2.05) is 18.2 Å². The summed E-state index contributed by atoms with van der Waals surface area (Å²) in [5.41, 5.74) is 11.8. The van der Waals surface area contributed by atoms with Crippen molar-refractivity contribution in [3.05, 3.63) is 34.3 Å². The molecule has 1 rings (SSSR count). The van der Waals surface area contributed by atoms with Gasteiger partial charge in [0.25, 0.3) is 0 Å². The third-order valence-corrected chi connectivity index (χ3v) is 2.95. The highest BCUT2D eigenvalue weighted by Crippen LogP contribution is 2.29. The molecule has 0 aliphatic rings. The molecule has 3 nitrogen and oxygen atoms in total. The number of halogens is 1. The predicted molar refractivity (Wildman–Crippen MR) is 67.8 cm³/mol. The molecular weight excluding hydrogens is 254 g/mol. The van der Waals surface area contributed by atoms with E-state index in [-0.39, 0.29) is 11.4 Å². The Morgan fingerprint density at radius 1 is 1.33 bits per heavy atom. The van der Waals surface area contributed by atoms with Gasteiger partial charge in [-0.15, -0.1) is 0 Å². The van der Waals surface area contributed by atoms with Crippen LogP contribution in [0, 0.1) is 0 Å². The third-order valence-electron chi connectivity index (χ3n) is 2.26. The van der Waals surface area contributed by atoms with Crippen LogP contribution in [0.5, 0.6) is 0 Å².